The van der Waals surface area contributed by atoms with Gasteiger partial charge in [-0.3, -0.25) is 0 Å². The first-order chi connectivity index (χ1) is 9.72. The third-order valence-electron chi connectivity index (χ3n) is 2.75. The van der Waals surface area contributed by atoms with Crippen molar-refractivity contribution in [3.05, 3.63) is 40.0 Å². The summed E-state index contributed by atoms with van der Waals surface area (Å²) < 4.78 is 11.7. The molecule has 0 aliphatic carbocycles. The Hall–Kier alpha value is -1.40. The van der Waals surface area contributed by atoms with Gasteiger partial charge >= 0.3 is 0 Å². The highest BCUT2D eigenvalue weighted by Gasteiger charge is 2.07. The molecular weight excluding hydrogens is 322 g/mol. The maximum atomic E-state index is 5.68. The molecule has 5 nitrogen and oxygen atoms in total. The van der Waals surface area contributed by atoms with Gasteiger partial charge in [0.25, 0.3) is 5.89 Å². The molecular formula is C14H18BrN3O2. The predicted molar refractivity (Wildman–Crippen MR) is 79.5 cm³/mol. The maximum absolute atomic E-state index is 5.68. The van der Waals surface area contributed by atoms with Crippen molar-refractivity contribution in [3.63, 3.8) is 0 Å². The Bertz CT molecular complexity index is 557. The van der Waals surface area contributed by atoms with Crippen LogP contribution in [0, 0.1) is 0 Å². The molecule has 6 heteroatoms. The Morgan fingerprint density at radius 1 is 1.35 bits per heavy atom. The number of nitrogens with zero attached hydrogens (tertiary/aromatic N) is 2. The summed E-state index contributed by atoms with van der Waals surface area (Å²) in [4.78, 5) is 4.20. The van der Waals surface area contributed by atoms with Crippen LogP contribution in [-0.4, -0.2) is 16.7 Å². The molecule has 0 fully saturated rings. The zero-order chi connectivity index (χ0) is 14.4. The number of halogens is 1. The van der Waals surface area contributed by atoms with E-state index in [0.29, 0.717) is 11.7 Å². The van der Waals surface area contributed by atoms with Crippen LogP contribution in [0.4, 0.5) is 0 Å². The number of aromatic nitrogens is 2. The van der Waals surface area contributed by atoms with Crippen molar-refractivity contribution >= 4 is 15.9 Å². The normalized spacial score (nSPS) is 10.8. The van der Waals surface area contributed by atoms with Gasteiger partial charge in [0.05, 0.1) is 4.47 Å². The van der Waals surface area contributed by atoms with Gasteiger partial charge in [-0.15, -0.1) is 0 Å². The van der Waals surface area contributed by atoms with E-state index in [1.807, 2.05) is 25.1 Å². The minimum absolute atomic E-state index is 0.276. The smallest absolute Gasteiger partial charge is 0.264 e. The quantitative estimate of drug-likeness (QED) is 0.839. The van der Waals surface area contributed by atoms with Crippen LogP contribution in [0.25, 0.3) is 0 Å². The first-order valence-corrected chi connectivity index (χ1v) is 7.45. The Balaban J connectivity index is 1.95. The molecule has 0 aliphatic rings. The number of ether oxygens (including phenoxy) is 1. The third-order valence-corrected chi connectivity index (χ3v) is 3.37. The van der Waals surface area contributed by atoms with Crippen molar-refractivity contribution < 1.29 is 9.26 Å². The molecule has 0 radical (unpaired) electrons. The Kier molecular flexibility index (Phi) is 5.55. The van der Waals surface area contributed by atoms with E-state index in [4.69, 9.17) is 9.26 Å². The van der Waals surface area contributed by atoms with Crippen LogP contribution >= 0.6 is 15.9 Å². The molecule has 0 saturated heterocycles. The summed E-state index contributed by atoms with van der Waals surface area (Å²) in [6.07, 6.45) is 0.756. The van der Waals surface area contributed by atoms with Crippen LogP contribution in [0.15, 0.2) is 27.2 Å². The number of hydrogen-bond acceptors (Lipinski definition) is 5. The minimum atomic E-state index is 0.276. The van der Waals surface area contributed by atoms with Crippen LogP contribution in [0.1, 0.15) is 31.1 Å². The standard InChI is InChI=1S/C14H18BrN3O2/c1-3-13-17-14(20-18-13)9-19-12-6-5-10(7-11(12)15)8-16-4-2/h5-7,16H,3-4,8-9H2,1-2H3. The van der Waals surface area contributed by atoms with E-state index < -0.39 is 0 Å². The fourth-order valence-corrected chi connectivity index (χ4v) is 2.21. The van der Waals surface area contributed by atoms with Crippen molar-refractivity contribution in [2.24, 2.45) is 0 Å². The number of rotatable bonds is 7. The molecule has 0 saturated carbocycles. The van der Waals surface area contributed by atoms with E-state index in [9.17, 15) is 0 Å². The van der Waals surface area contributed by atoms with Crippen molar-refractivity contribution in [1.82, 2.24) is 15.5 Å². The molecule has 0 aliphatic heterocycles. The van der Waals surface area contributed by atoms with Gasteiger partial charge in [-0.1, -0.05) is 25.1 Å². The lowest BCUT2D eigenvalue weighted by Crippen LogP contribution is -2.11. The SMILES string of the molecule is CCNCc1ccc(OCc2nc(CC)no2)c(Br)c1. The van der Waals surface area contributed by atoms with Gasteiger partial charge in [-0.2, -0.15) is 4.98 Å². The van der Waals surface area contributed by atoms with E-state index >= 15 is 0 Å². The third kappa shape index (κ3) is 4.05. The van der Waals surface area contributed by atoms with E-state index in [1.165, 1.54) is 5.56 Å². The van der Waals surface area contributed by atoms with E-state index in [0.717, 1.165) is 29.7 Å². The monoisotopic (exact) mass is 339 g/mol. The van der Waals surface area contributed by atoms with Gasteiger partial charge in [0.15, 0.2) is 12.4 Å². The van der Waals surface area contributed by atoms with Gasteiger partial charge in [-0.25, -0.2) is 0 Å². The second-order valence-corrected chi connectivity index (χ2v) is 5.15. The molecule has 108 valence electrons. The second kappa shape index (κ2) is 7.40. The maximum Gasteiger partial charge on any atom is 0.264 e. The summed E-state index contributed by atoms with van der Waals surface area (Å²) in [6, 6.07) is 6.02. The summed E-state index contributed by atoms with van der Waals surface area (Å²) in [5, 5.41) is 7.11. The van der Waals surface area contributed by atoms with Gasteiger partial charge in [0.2, 0.25) is 0 Å². The Labute approximate surface area is 126 Å². The molecule has 1 N–H and O–H groups in total. The molecule has 2 aromatic rings. The van der Waals surface area contributed by atoms with Gasteiger partial charge in [0.1, 0.15) is 5.75 Å². The molecule has 0 unspecified atom stereocenters. The molecule has 0 spiro atoms. The average Bonchev–Trinajstić information content (AvgIpc) is 2.92. The second-order valence-electron chi connectivity index (χ2n) is 4.29. The van der Waals surface area contributed by atoms with Crippen molar-refractivity contribution in [3.8, 4) is 5.75 Å². The highest BCUT2D eigenvalue weighted by molar-refractivity contribution is 9.10. The van der Waals surface area contributed by atoms with Gasteiger partial charge in [0, 0.05) is 13.0 Å². The zero-order valence-corrected chi connectivity index (χ0v) is 13.2. The van der Waals surface area contributed by atoms with Crippen molar-refractivity contribution in [1.29, 1.82) is 0 Å². The number of hydrogen-bond donors (Lipinski definition) is 1. The van der Waals surface area contributed by atoms with E-state index in [1.54, 1.807) is 0 Å². The predicted octanol–water partition coefficient (Wildman–Crippen LogP) is 3.08. The molecule has 0 atom stereocenters. The average molecular weight is 340 g/mol. The minimum Gasteiger partial charge on any atom is -0.483 e. The fourth-order valence-electron chi connectivity index (χ4n) is 1.67. The number of nitrogens with one attached hydrogen (secondary N) is 1. The first kappa shape index (κ1) is 15.0. The molecule has 2 rings (SSSR count). The molecule has 0 amide bonds. The van der Waals surface area contributed by atoms with Crippen LogP contribution in [0.3, 0.4) is 0 Å². The highest BCUT2D eigenvalue weighted by Crippen LogP contribution is 2.26. The summed E-state index contributed by atoms with van der Waals surface area (Å²) >= 11 is 3.51. The summed E-state index contributed by atoms with van der Waals surface area (Å²) in [5.41, 5.74) is 1.21. The lowest BCUT2D eigenvalue weighted by molar-refractivity contribution is 0.241. The highest BCUT2D eigenvalue weighted by atomic mass is 79.9. The van der Waals surface area contributed by atoms with Crippen LogP contribution < -0.4 is 10.1 Å². The fraction of sp³-hybridized carbons (Fsp3) is 0.429. The number of aryl methyl sites for hydroxylation is 1. The molecule has 1 heterocycles. The first-order valence-electron chi connectivity index (χ1n) is 6.66. The Morgan fingerprint density at radius 2 is 2.20 bits per heavy atom. The molecule has 20 heavy (non-hydrogen) atoms. The van der Waals surface area contributed by atoms with Crippen molar-refractivity contribution in [2.75, 3.05) is 6.54 Å². The summed E-state index contributed by atoms with van der Waals surface area (Å²) in [5.74, 6) is 1.95. The molecule has 1 aromatic carbocycles. The number of benzene rings is 1. The molecule has 0 bridgehead atoms. The lowest BCUT2D eigenvalue weighted by Gasteiger charge is -2.08. The lowest BCUT2D eigenvalue weighted by atomic mass is 10.2. The van der Waals surface area contributed by atoms with Crippen LogP contribution in [-0.2, 0) is 19.6 Å². The van der Waals surface area contributed by atoms with E-state index in [2.05, 4.69) is 38.3 Å². The van der Waals surface area contributed by atoms with Crippen LogP contribution in [0.2, 0.25) is 0 Å². The van der Waals surface area contributed by atoms with Crippen LogP contribution in [0.5, 0.6) is 5.75 Å². The Morgan fingerprint density at radius 3 is 2.85 bits per heavy atom. The summed E-state index contributed by atoms with van der Waals surface area (Å²) in [7, 11) is 0. The van der Waals surface area contributed by atoms with Gasteiger partial charge < -0.3 is 14.6 Å². The largest absolute Gasteiger partial charge is 0.483 e. The molecule has 1 aromatic heterocycles. The zero-order valence-electron chi connectivity index (χ0n) is 11.6. The summed E-state index contributed by atoms with van der Waals surface area (Å²) in [6.45, 7) is 6.14. The topological polar surface area (TPSA) is 60.2 Å². The van der Waals surface area contributed by atoms with E-state index in [-0.39, 0.29) is 6.61 Å². The van der Waals surface area contributed by atoms with Crippen molar-refractivity contribution in [2.45, 2.75) is 33.4 Å². The van der Waals surface area contributed by atoms with Gasteiger partial charge in [-0.05, 0) is 40.2 Å².